The summed E-state index contributed by atoms with van der Waals surface area (Å²) < 4.78 is 6.56. The van der Waals surface area contributed by atoms with Crippen molar-refractivity contribution in [3.8, 4) is 0 Å². The molecule has 278 valence electrons. The van der Waals surface area contributed by atoms with Gasteiger partial charge in [-0.3, -0.25) is 0 Å². The third-order valence-electron chi connectivity index (χ3n) is 12.6. The Morgan fingerprint density at radius 3 is 1.50 bits per heavy atom. The molecule has 0 aliphatic heterocycles. The lowest BCUT2D eigenvalue weighted by Gasteiger charge is -2.32. The molecule has 2 aliphatic rings. The molecule has 0 spiro atoms. The van der Waals surface area contributed by atoms with E-state index in [-0.39, 0.29) is 21.7 Å². The molecule has 0 N–H and O–H groups in total. The lowest BCUT2D eigenvalue weighted by atomic mass is 9.78. The lowest BCUT2D eigenvalue weighted by Crippen LogP contribution is -2.18. The van der Waals surface area contributed by atoms with Gasteiger partial charge in [0, 0.05) is 28.1 Å². The van der Waals surface area contributed by atoms with Gasteiger partial charge in [0.05, 0.1) is 11.4 Å². The standard InChI is InChI=1S/C51H58N2O/c1-32-23-34(3)47(35(4)24-32)53(45-30-54-46-29-44-43(28-42(45)46)50(11)21-22-51(44,12)31-50)41-26-33(2)25-40(27-41)52(38-17-13-36(14-18-38)48(5,6)7)39-19-15-37(16-20-39)49(8,9)10/h13-20,23-30H,21-22,31H2,1-12H3. The van der Waals surface area contributed by atoms with Gasteiger partial charge >= 0.3 is 0 Å². The van der Waals surface area contributed by atoms with Crippen molar-refractivity contribution >= 4 is 45.1 Å². The van der Waals surface area contributed by atoms with Gasteiger partial charge < -0.3 is 14.2 Å². The van der Waals surface area contributed by atoms with Gasteiger partial charge in [0.15, 0.2) is 0 Å². The van der Waals surface area contributed by atoms with E-state index in [9.17, 15) is 0 Å². The number of hydrogen-bond acceptors (Lipinski definition) is 3. The zero-order chi connectivity index (χ0) is 38.5. The van der Waals surface area contributed by atoms with Gasteiger partial charge in [-0.15, -0.1) is 0 Å². The molecule has 2 aliphatic carbocycles. The number of hydrogen-bond donors (Lipinski definition) is 0. The number of anilines is 6. The summed E-state index contributed by atoms with van der Waals surface area (Å²) in [5, 5.41) is 1.18. The smallest absolute Gasteiger partial charge is 0.136 e. The number of nitrogens with zero attached hydrogens (tertiary/aromatic N) is 2. The summed E-state index contributed by atoms with van der Waals surface area (Å²) in [6, 6.07) is 34.8. The summed E-state index contributed by atoms with van der Waals surface area (Å²) in [4.78, 5) is 4.89. The topological polar surface area (TPSA) is 19.6 Å². The second-order valence-electron chi connectivity index (χ2n) is 19.4. The van der Waals surface area contributed by atoms with Crippen molar-refractivity contribution in [1.82, 2.24) is 0 Å². The Kier molecular flexibility index (Phi) is 8.31. The fourth-order valence-electron chi connectivity index (χ4n) is 9.86. The van der Waals surface area contributed by atoms with Crippen LogP contribution in [0.5, 0.6) is 0 Å². The number of aryl methyl sites for hydroxylation is 4. The number of rotatable bonds is 6. The summed E-state index contributed by atoms with van der Waals surface area (Å²) in [6.07, 6.45) is 5.73. The average molecular weight is 715 g/mol. The van der Waals surface area contributed by atoms with Crippen LogP contribution in [0.2, 0.25) is 0 Å². The molecule has 2 atom stereocenters. The maximum Gasteiger partial charge on any atom is 0.136 e. The van der Waals surface area contributed by atoms with E-state index in [1.165, 1.54) is 74.8 Å². The van der Waals surface area contributed by atoms with E-state index in [4.69, 9.17) is 4.42 Å². The van der Waals surface area contributed by atoms with Crippen LogP contribution in [0.25, 0.3) is 11.0 Å². The van der Waals surface area contributed by atoms with Crippen LogP contribution < -0.4 is 9.80 Å². The fourth-order valence-corrected chi connectivity index (χ4v) is 9.86. The Morgan fingerprint density at radius 1 is 0.537 bits per heavy atom. The molecule has 1 aromatic heterocycles. The zero-order valence-corrected chi connectivity index (χ0v) is 34.7. The van der Waals surface area contributed by atoms with E-state index >= 15 is 0 Å². The minimum Gasteiger partial charge on any atom is -0.462 e. The summed E-state index contributed by atoms with van der Waals surface area (Å²) >= 11 is 0. The van der Waals surface area contributed by atoms with Crippen molar-refractivity contribution in [1.29, 1.82) is 0 Å². The summed E-state index contributed by atoms with van der Waals surface area (Å²) in [6.45, 7) is 27.5. The molecule has 8 rings (SSSR count). The predicted octanol–water partition coefficient (Wildman–Crippen LogP) is 14.9. The molecule has 1 fully saturated rings. The average Bonchev–Trinajstić information content (AvgIpc) is 3.71. The molecule has 5 aromatic carbocycles. The molecule has 54 heavy (non-hydrogen) atoms. The highest BCUT2D eigenvalue weighted by Crippen LogP contribution is 2.61. The monoisotopic (exact) mass is 714 g/mol. The highest BCUT2D eigenvalue weighted by Gasteiger charge is 2.53. The van der Waals surface area contributed by atoms with Crippen LogP contribution in [0.1, 0.15) is 119 Å². The highest BCUT2D eigenvalue weighted by molar-refractivity contribution is 5.99. The van der Waals surface area contributed by atoms with Crippen molar-refractivity contribution in [3.05, 3.63) is 142 Å². The molecule has 0 saturated heterocycles. The number of fused-ring (bicyclic) bond motifs is 6. The first kappa shape index (κ1) is 36.2. The first-order valence-electron chi connectivity index (χ1n) is 19.9. The molecule has 6 aromatic rings. The van der Waals surface area contributed by atoms with E-state index in [1.54, 1.807) is 0 Å². The summed E-state index contributed by atoms with van der Waals surface area (Å²) in [7, 11) is 0. The molecule has 3 heteroatoms. The van der Waals surface area contributed by atoms with Crippen molar-refractivity contribution in [3.63, 3.8) is 0 Å². The van der Waals surface area contributed by atoms with Crippen LogP contribution in [-0.2, 0) is 21.7 Å². The minimum atomic E-state index is 0.0701. The Morgan fingerprint density at radius 2 is 1.00 bits per heavy atom. The fraction of sp³-hybridized carbons (Fsp3) is 0.373. The first-order chi connectivity index (χ1) is 25.3. The Labute approximate surface area is 324 Å². The normalized spacial score (nSPS) is 19.4. The molecule has 3 nitrogen and oxygen atoms in total. The second-order valence-corrected chi connectivity index (χ2v) is 19.4. The number of benzene rings is 5. The molecule has 0 amide bonds. The first-order valence-corrected chi connectivity index (χ1v) is 19.9. The van der Waals surface area contributed by atoms with Crippen molar-refractivity contribution in [2.24, 2.45) is 0 Å². The largest absolute Gasteiger partial charge is 0.462 e. The van der Waals surface area contributed by atoms with Crippen molar-refractivity contribution < 1.29 is 4.42 Å². The third-order valence-corrected chi connectivity index (χ3v) is 12.6. The van der Waals surface area contributed by atoms with Crippen molar-refractivity contribution in [2.45, 2.75) is 124 Å². The molecule has 2 bridgehead atoms. The molecule has 1 heterocycles. The Hall–Kier alpha value is -4.76. The van der Waals surface area contributed by atoms with Crippen LogP contribution in [0.4, 0.5) is 34.1 Å². The predicted molar refractivity (Wildman–Crippen MR) is 230 cm³/mol. The number of furan rings is 1. The van der Waals surface area contributed by atoms with E-state index in [2.05, 4.69) is 184 Å². The molecule has 2 unspecified atom stereocenters. The summed E-state index contributed by atoms with van der Waals surface area (Å²) in [5.41, 5.74) is 19.0. The van der Waals surface area contributed by atoms with Crippen molar-refractivity contribution in [2.75, 3.05) is 9.80 Å². The van der Waals surface area contributed by atoms with Gasteiger partial charge in [-0.05, 0) is 162 Å². The third kappa shape index (κ3) is 6.05. The molecule has 1 saturated carbocycles. The van der Waals surface area contributed by atoms with Crippen LogP contribution in [0.3, 0.4) is 0 Å². The molecular formula is C51H58N2O. The zero-order valence-electron chi connectivity index (χ0n) is 34.7. The van der Waals surface area contributed by atoms with E-state index in [0.29, 0.717) is 0 Å². The van der Waals surface area contributed by atoms with Crippen LogP contribution in [0, 0.1) is 27.7 Å². The minimum absolute atomic E-state index is 0.0701. The lowest BCUT2D eigenvalue weighted by molar-refractivity contribution is 0.483. The van der Waals surface area contributed by atoms with Gasteiger partial charge in [0.2, 0.25) is 0 Å². The van der Waals surface area contributed by atoms with E-state index < -0.39 is 0 Å². The highest BCUT2D eigenvalue weighted by atomic mass is 16.3. The van der Waals surface area contributed by atoms with Gasteiger partial charge in [-0.2, -0.15) is 0 Å². The van der Waals surface area contributed by atoms with E-state index in [0.717, 1.165) is 34.0 Å². The second kappa shape index (κ2) is 12.4. The van der Waals surface area contributed by atoms with Gasteiger partial charge in [-0.1, -0.05) is 97.4 Å². The Balaban J connectivity index is 1.34. The van der Waals surface area contributed by atoms with Gasteiger partial charge in [0.25, 0.3) is 0 Å². The molecule has 0 radical (unpaired) electrons. The SMILES string of the molecule is Cc1cc(N(c2ccc(C(C)(C)C)cc2)c2ccc(C(C)(C)C)cc2)cc(N(c2c(C)cc(C)cc2C)c2coc3cc4c(cc23)C2(C)CCC4(C)C2)c1. The van der Waals surface area contributed by atoms with E-state index in [1.807, 2.05) is 6.26 Å². The molecular weight excluding hydrogens is 657 g/mol. The summed E-state index contributed by atoms with van der Waals surface area (Å²) in [5.74, 6) is 0. The Bertz CT molecular complexity index is 2320. The van der Waals surface area contributed by atoms with Gasteiger partial charge in [-0.25, -0.2) is 0 Å². The maximum absolute atomic E-state index is 6.56. The van der Waals surface area contributed by atoms with Gasteiger partial charge in [0.1, 0.15) is 11.8 Å². The van der Waals surface area contributed by atoms with Crippen LogP contribution >= 0.6 is 0 Å². The van der Waals surface area contributed by atoms with Crippen LogP contribution in [0.15, 0.2) is 102 Å². The van der Waals surface area contributed by atoms with Crippen LogP contribution in [-0.4, -0.2) is 0 Å². The maximum atomic E-state index is 6.56. The quantitative estimate of drug-likeness (QED) is 0.171.